The maximum Gasteiger partial charge on any atom is 4.00 e. The zero-order chi connectivity index (χ0) is 39.1. The van der Waals surface area contributed by atoms with E-state index in [4.69, 9.17) is 11.5 Å². The van der Waals surface area contributed by atoms with Gasteiger partial charge in [-0.2, -0.15) is 0 Å². The first-order valence-electron chi connectivity index (χ1n) is 17.5. The molecule has 9 rings (SSSR count). The summed E-state index contributed by atoms with van der Waals surface area (Å²) in [4.78, 5) is 85.7. The number of ketones is 4. The van der Waals surface area contributed by atoms with E-state index >= 15 is 0 Å². The molecule has 14 nitrogen and oxygen atoms in total. The molecule has 2 atom stereocenters. The van der Waals surface area contributed by atoms with E-state index < -0.39 is 0 Å². The third-order valence-electron chi connectivity index (χ3n) is 8.89. The van der Waals surface area contributed by atoms with E-state index in [0.717, 1.165) is 19.3 Å². The van der Waals surface area contributed by atoms with Gasteiger partial charge in [-0.15, -0.1) is 0 Å². The topological polar surface area (TPSA) is 220 Å². The minimum absolute atomic E-state index is 0. The summed E-state index contributed by atoms with van der Waals surface area (Å²) in [7, 11) is 3.38. The Morgan fingerprint density at radius 3 is 1.23 bits per heavy atom. The summed E-state index contributed by atoms with van der Waals surface area (Å²) in [5.41, 5.74) is 14.3. The second kappa shape index (κ2) is 18.4. The third-order valence-corrected chi connectivity index (χ3v) is 8.89. The molecule has 0 spiro atoms. The van der Waals surface area contributed by atoms with Gasteiger partial charge in [0, 0.05) is 83.6 Å². The van der Waals surface area contributed by atoms with Gasteiger partial charge in [-0.25, -0.2) is 0 Å². The van der Waals surface area contributed by atoms with E-state index in [9.17, 15) is 24.0 Å². The van der Waals surface area contributed by atoms with Crippen LogP contribution in [0.5, 0.6) is 0 Å². The Labute approximate surface area is 333 Å². The van der Waals surface area contributed by atoms with E-state index in [-0.39, 0.29) is 75.1 Å². The third kappa shape index (κ3) is 8.82. The first-order valence-corrected chi connectivity index (χ1v) is 17.5. The molecule has 6 aromatic rings. The molecule has 3 aliphatic carbocycles. The monoisotopic (exact) mass is 791 g/mol. The van der Waals surface area contributed by atoms with Crippen LogP contribution in [-0.4, -0.2) is 80.6 Å². The fourth-order valence-corrected chi connectivity index (χ4v) is 5.99. The van der Waals surface area contributed by atoms with Gasteiger partial charge in [0.15, 0.2) is 23.1 Å². The molecule has 0 saturated heterocycles. The number of pyridine rings is 2. The maximum atomic E-state index is 12.4. The van der Waals surface area contributed by atoms with E-state index in [1.165, 1.54) is 17.7 Å². The molecule has 4 aromatic heterocycles. The molecule has 56 heavy (non-hydrogen) atoms. The van der Waals surface area contributed by atoms with Gasteiger partial charge in [0.05, 0.1) is 11.4 Å². The van der Waals surface area contributed by atoms with Crippen molar-refractivity contribution in [1.82, 2.24) is 34.8 Å². The minimum atomic E-state index is -0.269. The number of carbonyl (C=O) groups excluding carboxylic acids is 5. The molecule has 282 valence electrons. The van der Waals surface area contributed by atoms with E-state index in [1.54, 1.807) is 111 Å². The van der Waals surface area contributed by atoms with Crippen molar-refractivity contribution in [2.75, 3.05) is 14.1 Å². The zero-order valence-corrected chi connectivity index (χ0v) is 31.6. The Morgan fingerprint density at radius 1 is 0.589 bits per heavy atom. The van der Waals surface area contributed by atoms with Crippen molar-refractivity contribution in [3.8, 4) is 23.0 Å². The number of nitrogens with two attached hydrogens (primary N) is 2. The predicted molar refractivity (Wildman–Crippen MR) is 202 cm³/mol. The molecular formula is C41H37FeN9O5+2. The number of rotatable bonds is 3. The van der Waals surface area contributed by atoms with Crippen molar-refractivity contribution in [1.29, 1.82) is 0 Å². The van der Waals surface area contributed by atoms with Crippen LogP contribution in [-0.2, 0) is 21.9 Å². The number of hydrogen-bond acceptors (Lipinski definition) is 11. The largest absolute Gasteiger partial charge is 4.00 e. The summed E-state index contributed by atoms with van der Waals surface area (Å²) >= 11 is 0. The Balaban J connectivity index is 0.000000162. The van der Waals surface area contributed by atoms with Crippen LogP contribution in [0.3, 0.4) is 0 Å². The van der Waals surface area contributed by atoms with E-state index in [0.29, 0.717) is 45.3 Å². The maximum absolute atomic E-state index is 12.4. The number of fused-ring (bicyclic) bond motifs is 4. The molecule has 4 N–H and O–H groups in total. The number of benzene rings is 2. The quantitative estimate of drug-likeness (QED) is 0.193. The first-order chi connectivity index (χ1) is 26.6. The smallest absolute Gasteiger partial charge is 0.431 e. The van der Waals surface area contributed by atoms with E-state index in [2.05, 4.69) is 29.9 Å². The van der Waals surface area contributed by atoms with Crippen molar-refractivity contribution < 1.29 is 41.0 Å². The fourth-order valence-electron chi connectivity index (χ4n) is 5.99. The van der Waals surface area contributed by atoms with Crippen molar-refractivity contribution in [2.24, 2.45) is 11.5 Å². The second-order valence-corrected chi connectivity index (χ2v) is 13.0. The van der Waals surface area contributed by atoms with Crippen molar-refractivity contribution in [3.63, 3.8) is 0 Å². The fraction of sp³-hybridized carbons (Fsp3) is 0.195. The molecular weight excluding hydrogens is 754 g/mol. The Morgan fingerprint density at radius 2 is 0.929 bits per heavy atom. The SMILES string of the molecule is CN(C)C=O.N[C@@H]1CCCC[C@@H]1N.O=C1c2ccccc2C(=O)c2[n-]c(-c3ccccn3)nc21.O=C1c2ccccc2C(=O)c2[n-]c(-c3ccccn3)nc21.[Fe+4]. The number of carbonyl (C=O) groups is 5. The molecule has 4 heterocycles. The summed E-state index contributed by atoms with van der Waals surface area (Å²) in [5.74, 6) is -0.472. The summed E-state index contributed by atoms with van der Waals surface area (Å²) in [6.07, 6.45) is 8.78. The Bertz CT molecular complexity index is 2100. The standard InChI is InChI=1S/2C16H9N3O2.C6H14N2.C3H7NO.Fe/c2*20-14-9-5-1-2-6-10(9)15(21)13-12(14)18-16(19-13)11-7-3-4-8-17-11;7-5-3-1-2-4-6(5)8;1-4(2)3-5;/h2*1-8H,(H,17,18,19,20,21);5-6H,1-4,7-8H2;3H,1-2H3;/q;;;;+4/p-2/t;;5-,6+;;. The van der Waals surface area contributed by atoms with Crippen LogP contribution in [0.2, 0.25) is 0 Å². The number of amides is 1. The van der Waals surface area contributed by atoms with Crippen LogP contribution in [0.4, 0.5) is 0 Å². The molecule has 0 aliphatic heterocycles. The minimum Gasteiger partial charge on any atom is -0.431 e. The van der Waals surface area contributed by atoms with Gasteiger partial charge in [-0.1, -0.05) is 73.5 Å². The van der Waals surface area contributed by atoms with Gasteiger partial charge in [-0.05, 0) is 48.8 Å². The normalized spacial score (nSPS) is 16.0. The molecule has 15 heteroatoms. The molecule has 2 aromatic carbocycles. The molecule has 0 bridgehead atoms. The molecule has 1 fully saturated rings. The molecule has 0 unspecified atom stereocenters. The van der Waals surface area contributed by atoms with E-state index in [1.807, 2.05) is 0 Å². The summed E-state index contributed by atoms with van der Waals surface area (Å²) in [5, 5.41) is 0. The molecule has 0 radical (unpaired) electrons. The van der Waals surface area contributed by atoms with Crippen LogP contribution in [0.15, 0.2) is 97.3 Å². The number of nitrogens with zero attached hydrogens (tertiary/aromatic N) is 7. The predicted octanol–water partition coefficient (Wildman–Crippen LogP) is 3.67. The van der Waals surface area contributed by atoms with Crippen LogP contribution >= 0.6 is 0 Å². The molecule has 3 aliphatic rings. The summed E-state index contributed by atoms with van der Waals surface area (Å²) in [6, 6.07) is 24.6. The van der Waals surface area contributed by atoms with Crippen LogP contribution in [0.1, 0.15) is 89.9 Å². The van der Waals surface area contributed by atoms with Crippen LogP contribution in [0.25, 0.3) is 23.0 Å². The van der Waals surface area contributed by atoms with Gasteiger partial charge in [-0.3, -0.25) is 33.9 Å². The Hall–Kier alpha value is -6.25. The Kier molecular flexibility index (Phi) is 13.4. The number of hydrogen-bond donors (Lipinski definition) is 2. The van der Waals surface area contributed by atoms with Crippen molar-refractivity contribution in [2.45, 2.75) is 37.8 Å². The van der Waals surface area contributed by atoms with Gasteiger partial charge in [0.25, 0.3) is 0 Å². The van der Waals surface area contributed by atoms with Crippen molar-refractivity contribution >= 4 is 29.5 Å². The summed E-state index contributed by atoms with van der Waals surface area (Å²) < 4.78 is 0. The van der Waals surface area contributed by atoms with Gasteiger partial charge in [0.1, 0.15) is 0 Å². The number of aromatic nitrogens is 6. The van der Waals surface area contributed by atoms with Crippen LogP contribution in [0, 0.1) is 0 Å². The second-order valence-electron chi connectivity index (χ2n) is 13.0. The first kappa shape index (κ1) is 40.9. The van der Waals surface area contributed by atoms with Crippen LogP contribution < -0.4 is 21.4 Å². The summed E-state index contributed by atoms with van der Waals surface area (Å²) in [6.45, 7) is 0. The van der Waals surface area contributed by atoms with Crippen molar-refractivity contribution in [3.05, 3.63) is 142 Å². The average Bonchev–Trinajstić information content (AvgIpc) is 3.89. The zero-order valence-electron chi connectivity index (χ0n) is 30.5. The molecule has 1 saturated carbocycles. The van der Waals surface area contributed by atoms with Gasteiger partial charge >= 0.3 is 17.1 Å². The van der Waals surface area contributed by atoms with Gasteiger partial charge in [0.2, 0.25) is 6.41 Å². The number of imidazole rings is 2. The molecule has 1 amide bonds. The average molecular weight is 792 g/mol. The van der Waals surface area contributed by atoms with Gasteiger partial charge < -0.3 is 36.3 Å².